The lowest BCUT2D eigenvalue weighted by molar-refractivity contribution is 0.160. The first-order valence-electron chi connectivity index (χ1n) is 10.6. The maximum absolute atomic E-state index is 13.1. The summed E-state index contributed by atoms with van der Waals surface area (Å²) < 4.78 is 17.2. The molecule has 30 heavy (non-hydrogen) atoms. The van der Waals surface area contributed by atoms with Crippen LogP contribution in [-0.2, 0) is 0 Å². The number of methoxy groups -OCH3 is 1. The second-order valence-electron chi connectivity index (χ2n) is 8.12. The molecule has 0 saturated carbocycles. The average molecular weight is 408 g/mol. The number of nitrogens with zero attached hydrogens (tertiary/aromatic N) is 1. The number of benzene rings is 2. The predicted molar refractivity (Wildman–Crippen MR) is 120 cm³/mol. The Balaban J connectivity index is 1.51. The monoisotopic (exact) mass is 407 g/mol. The minimum atomic E-state index is -0.0343. The molecule has 0 radical (unpaired) electrons. The minimum absolute atomic E-state index is 0.0343. The van der Waals surface area contributed by atoms with E-state index in [9.17, 15) is 4.79 Å². The SMILES string of the molecule is COc1ccc(-c2c(C)oc3cc(OCCN4CCC(C)CC4)ccc3c2=O)cc1. The molecular weight excluding hydrogens is 378 g/mol. The van der Waals surface area contributed by atoms with Crippen LogP contribution in [0.2, 0.25) is 0 Å². The molecule has 0 bridgehead atoms. The maximum atomic E-state index is 13.1. The summed E-state index contributed by atoms with van der Waals surface area (Å²) in [5, 5.41) is 0.559. The smallest absolute Gasteiger partial charge is 0.200 e. The zero-order valence-corrected chi connectivity index (χ0v) is 17.9. The van der Waals surface area contributed by atoms with E-state index in [0.29, 0.717) is 28.9 Å². The third-order valence-electron chi connectivity index (χ3n) is 5.97. The van der Waals surface area contributed by atoms with Gasteiger partial charge in [0.15, 0.2) is 0 Å². The first-order valence-corrected chi connectivity index (χ1v) is 10.6. The first kappa shape index (κ1) is 20.5. The molecule has 0 atom stereocenters. The Hall–Kier alpha value is -2.79. The highest BCUT2D eigenvalue weighted by Gasteiger charge is 2.16. The van der Waals surface area contributed by atoms with Gasteiger partial charge >= 0.3 is 0 Å². The molecule has 5 nitrogen and oxygen atoms in total. The lowest BCUT2D eigenvalue weighted by atomic mass is 9.99. The van der Waals surface area contributed by atoms with Gasteiger partial charge in [0.1, 0.15) is 29.4 Å². The van der Waals surface area contributed by atoms with Crippen molar-refractivity contribution >= 4 is 11.0 Å². The summed E-state index contributed by atoms with van der Waals surface area (Å²) in [4.78, 5) is 15.6. The molecule has 0 aliphatic carbocycles. The Morgan fingerprint density at radius 1 is 1.07 bits per heavy atom. The van der Waals surface area contributed by atoms with Crippen LogP contribution in [0.4, 0.5) is 0 Å². The molecule has 1 fully saturated rings. The lowest BCUT2D eigenvalue weighted by Crippen LogP contribution is -2.35. The van der Waals surface area contributed by atoms with Gasteiger partial charge in [0.25, 0.3) is 0 Å². The van der Waals surface area contributed by atoms with E-state index in [-0.39, 0.29) is 5.43 Å². The number of rotatable bonds is 6. The maximum Gasteiger partial charge on any atom is 0.200 e. The van der Waals surface area contributed by atoms with Crippen LogP contribution in [0.1, 0.15) is 25.5 Å². The zero-order chi connectivity index (χ0) is 21.1. The molecule has 0 N–H and O–H groups in total. The number of fused-ring (bicyclic) bond motifs is 1. The van der Waals surface area contributed by atoms with Crippen LogP contribution in [0.15, 0.2) is 51.7 Å². The van der Waals surface area contributed by atoms with Crippen molar-refractivity contribution in [2.24, 2.45) is 5.92 Å². The molecular formula is C25H29NO4. The average Bonchev–Trinajstić information content (AvgIpc) is 2.75. The molecule has 2 heterocycles. The van der Waals surface area contributed by atoms with Crippen molar-refractivity contribution in [1.82, 2.24) is 4.90 Å². The van der Waals surface area contributed by atoms with Crippen LogP contribution in [-0.4, -0.2) is 38.3 Å². The van der Waals surface area contributed by atoms with Gasteiger partial charge in [-0.2, -0.15) is 0 Å². The molecule has 0 amide bonds. The van der Waals surface area contributed by atoms with Crippen molar-refractivity contribution in [3.63, 3.8) is 0 Å². The molecule has 1 aromatic heterocycles. The Bertz CT molecular complexity index is 1060. The van der Waals surface area contributed by atoms with E-state index >= 15 is 0 Å². The summed E-state index contributed by atoms with van der Waals surface area (Å²) in [6.07, 6.45) is 2.52. The van der Waals surface area contributed by atoms with Crippen molar-refractivity contribution in [2.75, 3.05) is 33.4 Å². The van der Waals surface area contributed by atoms with Gasteiger partial charge in [0, 0.05) is 12.6 Å². The molecule has 4 rings (SSSR count). The Morgan fingerprint density at radius 3 is 2.47 bits per heavy atom. The number of piperidine rings is 1. The number of ether oxygens (including phenoxy) is 2. The van der Waals surface area contributed by atoms with Crippen molar-refractivity contribution in [1.29, 1.82) is 0 Å². The lowest BCUT2D eigenvalue weighted by Gasteiger charge is -2.29. The van der Waals surface area contributed by atoms with E-state index in [1.54, 1.807) is 13.2 Å². The molecule has 0 spiro atoms. The second-order valence-corrected chi connectivity index (χ2v) is 8.12. The molecule has 1 saturated heterocycles. The summed E-state index contributed by atoms with van der Waals surface area (Å²) in [6, 6.07) is 12.9. The van der Waals surface area contributed by atoms with E-state index in [4.69, 9.17) is 13.9 Å². The van der Waals surface area contributed by atoms with Crippen molar-refractivity contribution in [3.05, 3.63) is 58.4 Å². The van der Waals surface area contributed by atoms with Gasteiger partial charge in [-0.25, -0.2) is 0 Å². The van der Waals surface area contributed by atoms with Gasteiger partial charge in [-0.1, -0.05) is 19.1 Å². The minimum Gasteiger partial charge on any atom is -0.497 e. The fourth-order valence-electron chi connectivity index (χ4n) is 4.05. The van der Waals surface area contributed by atoms with Crippen molar-refractivity contribution in [3.8, 4) is 22.6 Å². The van der Waals surface area contributed by atoms with Gasteiger partial charge in [0.2, 0.25) is 5.43 Å². The largest absolute Gasteiger partial charge is 0.497 e. The van der Waals surface area contributed by atoms with E-state index < -0.39 is 0 Å². The van der Waals surface area contributed by atoms with Crippen LogP contribution in [0.25, 0.3) is 22.1 Å². The van der Waals surface area contributed by atoms with Crippen molar-refractivity contribution in [2.45, 2.75) is 26.7 Å². The second kappa shape index (κ2) is 8.92. The van der Waals surface area contributed by atoms with Crippen LogP contribution in [0, 0.1) is 12.8 Å². The highest BCUT2D eigenvalue weighted by atomic mass is 16.5. The van der Waals surface area contributed by atoms with E-state index in [1.807, 2.05) is 43.3 Å². The Kier molecular flexibility index (Phi) is 6.09. The fraction of sp³-hybridized carbons (Fsp3) is 0.400. The summed E-state index contributed by atoms with van der Waals surface area (Å²) in [5.41, 5.74) is 1.92. The van der Waals surface area contributed by atoms with Crippen LogP contribution < -0.4 is 14.9 Å². The van der Waals surface area contributed by atoms with Crippen LogP contribution in [0.5, 0.6) is 11.5 Å². The zero-order valence-electron chi connectivity index (χ0n) is 17.9. The Morgan fingerprint density at radius 2 is 1.77 bits per heavy atom. The van der Waals surface area contributed by atoms with Gasteiger partial charge in [0.05, 0.1) is 18.1 Å². The van der Waals surface area contributed by atoms with Crippen LogP contribution >= 0.6 is 0 Å². The normalized spacial score (nSPS) is 15.4. The number of hydrogen-bond donors (Lipinski definition) is 0. The van der Waals surface area contributed by atoms with Gasteiger partial charge in [-0.05, 0) is 68.6 Å². The van der Waals surface area contributed by atoms with Gasteiger partial charge in [-0.3, -0.25) is 9.69 Å². The number of aryl methyl sites for hydroxylation is 1. The third kappa shape index (κ3) is 4.36. The fourth-order valence-corrected chi connectivity index (χ4v) is 4.05. The third-order valence-corrected chi connectivity index (χ3v) is 5.97. The summed E-state index contributed by atoms with van der Waals surface area (Å²) >= 11 is 0. The molecule has 158 valence electrons. The summed E-state index contributed by atoms with van der Waals surface area (Å²) in [6.45, 7) is 7.98. The molecule has 0 unspecified atom stereocenters. The highest BCUT2D eigenvalue weighted by molar-refractivity contribution is 5.83. The van der Waals surface area contributed by atoms with E-state index in [2.05, 4.69) is 11.8 Å². The Labute approximate surface area is 177 Å². The van der Waals surface area contributed by atoms with Crippen molar-refractivity contribution < 1.29 is 13.9 Å². The predicted octanol–water partition coefficient (Wildman–Crippen LogP) is 4.89. The van der Waals surface area contributed by atoms with E-state index in [1.165, 1.54) is 12.8 Å². The number of hydrogen-bond acceptors (Lipinski definition) is 5. The van der Waals surface area contributed by atoms with Crippen LogP contribution in [0.3, 0.4) is 0 Å². The quantitative estimate of drug-likeness (QED) is 0.582. The van der Waals surface area contributed by atoms with E-state index in [0.717, 1.165) is 42.6 Å². The molecule has 3 aromatic rings. The summed E-state index contributed by atoms with van der Waals surface area (Å²) in [7, 11) is 1.62. The standard InChI is InChI=1S/C25H29NO4/c1-17-10-12-26(13-11-17)14-15-29-21-8-9-22-23(16-21)30-18(2)24(25(22)27)19-4-6-20(28-3)7-5-19/h4-9,16-17H,10-15H2,1-3H3. The molecule has 2 aromatic carbocycles. The topological polar surface area (TPSA) is 51.9 Å². The molecule has 1 aliphatic rings. The first-order chi connectivity index (χ1) is 14.5. The molecule has 1 aliphatic heterocycles. The number of likely N-dealkylation sites (tertiary alicyclic amines) is 1. The highest BCUT2D eigenvalue weighted by Crippen LogP contribution is 2.27. The molecule has 5 heteroatoms. The van der Waals surface area contributed by atoms with Gasteiger partial charge < -0.3 is 13.9 Å². The van der Waals surface area contributed by atoms with Gasteiger partial charge in [-0.15, -0.1) is 0 Å². The summed E-state index contributed by atoms with van der Waals surface area (Å²) in [5.74, 6) is 2.91.